The van der Waals surface area contributed by atoms with Crippen molar-refractivity contribution in [2.24, 2.45) is 0 Å². The van der Waals surface area contributed by atoms with Crippen LogP contribution in [0.5, 0.6) is 0 Å². The summed E-state index contributed by atoms with van der Waals surface area (Å²) < 4.78 is 1.61. The molecule has 0 radical (unpaired) electrons. The number of rotatable bonds is 6. The summed E-state index contributed by atoms with van der Waals surface area (Å²) in [4.78, 5) is 25.2. The van der Waals surface area contributed by atoms with Crippen molar-refractivity contribution in [1.82, 2.24) is 4.57 Å². The molecule has 0 saturated heterocycles. The van der Waals surface area contributed by atoms with Crippen molar-refractivity contribution in [2.75, 3.05) is 12.9 Å². The third-order valence-electron chi connectivity index (χ3n) is 4.67. The third-order valence-corrected chi connectivity index (χ3v) is 5.39. The van der Waals surface area contributed by atoms with Crippen LogP contribution in [0, 0.1) is 6.92 Å². The molecule has 0 unspecified atom stereocenters. The number of nitrogens with zero attached hydrogens (tertiary/aromatic N) is 1. The van der Waals surface area contributed by atoms with Gasteiger partial charge >= 0.3 is 5.97 Å². The number of aliphatic hydroxyl groups excluding tert-OH is 1. The maximum Gasteiger partial charge on any atom is 0.341 e. The van der Waals surface area contributed by atoms with Gasteiger partial charge in [-0.2, -0.15) is 0 Å². The van der Waals surface area contributed by atoms with E-state index in [-0.39, 0.29) is 18.7 Å². The van der Waals surface area contributed by atoms with Crippen LogP contribution in [0.25, 0.3) is 10.9 Å². The molecule has 6 heteroatoms. The Hall–Kier alpha value is -2.57. The Balaban J connectivity index is 2.13. The van der Waals surface area contributed by atoms with Gasteiger partial charge < -0.3 is 14.8 Å². The summed E-state index contributed by atoms with van der Waals surface area (Å²) in [6.07, 6.45) is 3.99. The van der Waals surface area contributed by atoms with E-state index < -0.39 is 11.4 Å². The molecule has 1 aromatic heterocycles. The predicted molar refractivity (Wildman–Crippen MR) is 108 cm³/mol. The van der Waals surface area contributed by atoms with Gasteiger partial charge in [-0.15, -0.1) is 11.8 Å². The largest absolute Gasteiger partial charge is 0.477 e. The number of fused-ring (bicyclic) bond motifs is 1. The van der Waals surface area contributed by atoms with Gasteiger partial charge in [-0.05, 0) is 60.6 Å². The van der Waals surface area contributed by atoms with Crippen LogP contribution in [-0.2, 0) is 13.0 Å². The molecule has 2 N–H and O–H groups in total. The molecule has 140 valence electrons. The molecule has 1 heterocycles. The lowest BCUT2D eigenvalue weighted by molar-refractivity contribution is 0.0694. The second kappa shape index (κ2) is 7.98. The van der Waals surface area contributed by atoms with E-state index in [1.807, 2.05) is 18.4 Å². The highest BCUT2D eigenvalue weighted by Crippen LogP contribution is 2.23. The number of aromatic carboxylic acids is 1. The number of pyridine rings is 1. The van der Waals surface area contributed by atoms with Crippen LogP contribution < -0.4 is 5.43 Å². The highest BCUT2D eigenvalue weighted by atomic mass is 32.2. The van der Waals surface area contributed by atoms with Crippen molar-refractivity contribution in [1.29, 1.82) is 0 Å². The van der Waals surface area contributed by atoms with Crippen LogP contribution >= 0.6 is 11.8 Å². The molecule has 0 spiro atoms. The smallest absolute Gasteiger partial charge is 0.341 e. The first-order valence-electron chi connectivity index (χ1n) is 8.58. The third kappa shape index (κ3) is 3.91. The topological polar surface area (TPSA) is 79.5 Å². The molecule has 0 amide bonds. The normalized spacial score (nSPS) is 11.1. The zero-order valence-corrected chi connectivity index (χ0v) is 16.0. The number of hydrogen-bond acceptors (Lipinski definition) is 4. The molecule has 2 aromatic carbocycles. The predicted octanol–water partition coefficient (Wildman–Crippen LogP) is 3.31. The quantitative estimate of drug-likeness (QED) is 0.639. The fourth-order valence-electron chi connectivity index (χ4n) is 3.18. The number of carbonyl (C=O) groups is 1. The molecule has 0 aliphatic heterocycles. The van der Waals surface area contributed by atoms with Crippen molar-refractivity contribution >= 4 is 28.6 Å². The number of carboxylic acid groups (broad SMARTS) is 1. The second-order valence-electron chi connectivity index (χ2n) is 6.41. The van der Waals surface area contributed by atoms with E-state index in [0.717, 1.165) is 5.56 Å². The zero-order chi connectivity index (χ0) is 19.6. The Morgan fingerprint density at radius 1 is 1.19 bits per heavy atom. The molecule has 5 nitrogen and oxygen atoms in total. The van der Waals surface area contributed by atoms with Crippen molar-refractivity contribution in [3.05, 3.63) is 75.1 Å². The first-order chi connectivity index (χ1) is 12.9. The maximum absolute atomic E-state index is 12.6. The number of carboxylic acids is 1. The monoisotopic (exact) mass is 383 g/mol. The Morgan fingerprint density at radius 2 is 1.96 bits per heavy atom. The van der Waals surface area contributed by atoms with Crippen LogP contribution in [0.4, 0.5) is 0 Å². The van der Waals surface area contributed by atoms with Crippen LogP contribution in [0.2, 0.25) is 0 Å². The summed E-state index contributed by atoms with van der Waals surface area (Å²) >= 11 is 1.68. The van der Waals surface area contributed by atoms with Crippen LogP contribution in [-0.4, -0.2) is 33.6 Å². The minimum Gasteiger partial charge on any atom is -0.477 e. The van der Waals surface area contributed by atoms with Crippen molar-refractivity contribution in [3.63, 3.8) is 0 Å². The molecule has 0 aliphatic carbocycles. The van der Waals surface area contributed by atoms with E-state index in [9.17, 15) is 19.8 Å². The molecule has 0 bridgehead atoms. The second-order valence-corrected chi connectivity index (χ2v) is 7.29. The molecule has 0 saturated carbocycles. The van der Waals surface area contributed by atoms with E-state index in [2.05, 4.69) is 25.1 Å². The number of benzene rings is 2. The van der Waals surface area contributed by atoms with E-state index >= 15 is 0 Å². The Labute approximate surface area is 161 Å². The number of aromatic nitrogens is 1. The lowest BCUT2D eigenvalue weighted by atomic mass is 9.99. The van der Waals surface area contributed by atoms with E-state index in [1.165, 1.54) is 22.2 Å². The van der Waals surface area contributed by atoms with Gasteiger partial charge in [0.1, 0.15) is 5.56 Å². The summed E-state index contributed by atoms with van der Waals surface area (Å²) in [7, 11) is 0. The molecule has 0 fully saturated rings. The zero-order valence-electron chi connectivity index (χ0n) is 15.2. The molecule has 0 aliphatic rings. The Bertz CT molecular complexity index is 1070. The fraction of sp³-hybridized carbons (Fsp3) is 0.238. The average molecular weight is 383 g/mol. The summed E-state index contributed by atoms with van der Waals surface area (Å²) in [5.41, 5.74) is 3.13. The van der Waals surface area contributed by atoms with Gasteiger partial charge in [0.05, 0.1) is 12.1 Å². The van der Waals surface area contributed by atoms with E-state index in [1.54, 1.807) is 22.4 Å². The summed E-state index contributed by atoms with van der Waals surface area (Å²) in [5, 5.41) is 19.0. The average Bonchev–Trinajstić information content (AvgIpc) is 2.65. The van der Waals surface area contributed by atoms with Gasteiger partial charge in [0.25, 0.3) is 0 Å². The van der Waals surface area contributed by atoms with E-state index in [0.29, 0.717) is 17.3 Å². The van der Waals surface area contributed by atoms with Crippen molar-refractivity contribution in [2.45, 2.75) is 24.8 Å². The van der Waals surface area contributed by atoms with Gasteiger partial charge in [-0.25, -0.2) is 4.79 Å². The van der Waals surface area contributed by atoms with Crippen LogP contribution in [0.1, 0.15) is 27.0 Å². The minimum absolute atomic E-state index is 0.139. The Morgan fingerprint density at radius 3 is 2.63 bits per heavy atom. The van der Waals surface area contributed by atoms with Crippen LogP contribution in [0.3, 0.4) is 0 Å². The number of thioether (sulfide) groups is 1. The first-order valence-corrected chi connectivity index (χ1v) is 9.81. The highest BCUT2D eigenvalue weighted by molar-refractivity contribution is 7.98. The molecular formula is C21H21NO4S. The van der Waals surface area contributed by atoms with Crippen molar-refractivity contribution in [3.8, 4) is 0 Å². The Kier molecular flexibility index (Phi) is 5.68. The molecular weight excluding hydrogens is 362 g/mol. The lowest BCUT2D eigenvalue weighted by Gasteiger charge is -2.13. The summed E-state index contributed by atoms with van der Waals surface area (Å²) in [6.45, 7) is 2.14. The SMILES string of the molecule is CSc1ccc(C)c(Cc2ccc3c(c2)c(=O)c(C(=O)O)cn3CCO)c1. The van der Waals surface area contributed by atoms with Gasteiger partial charge in [0.15, 0.2) is 0 Å². The maximum atomic E-state index is 12.6. The highest BCUT2D eigenvalue weighted by Gasteiger charge is 2.15. The number of aliphatic hydroxyl groups is 1. The molecule has 27 heavy (non-hydrogen) atoms. The van der Waals surface area contributed by atoms with Gasteiger partial charge in [0, 0.05) is 23.0 Å². The van der Waals surface area contributed by atoms with Crippen molar-refractivity contribution < 1.29 is 15.0 Å². The lowest BCUT2D eigenvalue weighted by Crippen LogP contribution is -2.19. The van der Waals surface area contributed by atoms with Gasteiger partial charge in [0.2, 0.25) is 5.43 Å². The van der Waals surface area contributed by atoms with Gasteiger partial charge in [-0.3, -0.25) is 4.79 Å². The summed E-state index contributed by atoms with van der Waals surface area (Å²) in [6, 6.07) is 11.8. The summed E-state index contributed by atoms with van der Waals surface area (Å²) in [5.74, 6) is -1.26. The minimum atomic E-state index is -1.26. The first kappa shape index (κ1) is 19.2. The standard InChI is InChI=1S/C21H21NO4S/c1-13-3-5-16(27-2)11-15(13)9-14-4-6-19-17(10-14)20(24)18(21(25)26)12-22(19)7-8-23/h3-6,10-12,23H,7-9H2,1-2H3,(H,25,26). The number of hydrogen-bond donors (Lipinski definition) is 2. The molecule has 3 aromatic rings. The molecule has 0 atom stereocenters. The molecule has 3 rings (SSSR count). The number of aryl methyl sites for hydroxylation is 1. The fourth-order valence-corrected chi connectivity index (χ4v) is 3.65. The van der Waals surface area contributed by atoms with E-state index in [4.69, 9.17) is 0 Å². The van der Waals surface area contributed by atoms with Crippen LogP contribution in [0.15, 0.2) is 52.3 Å². The van der Waals surface area contributed by atoms with Gasteiger partial charge in [-0.1, -0.05) is 12.1 Å².